The first-order valence-electron chi connectivity index (χ1n) is 15.2. The number of halogens is 9. The van der Waals surface area contributed by atoms with E-state index in [0.717, 1.165) is 30.6 Å². The molecule has 0 aliphatic carbocycles. The third kappa shape index (κ3) is 9.06. The molecule has 0 radical (unpaired) electrons. The molecule has 272 valence electrons. The molecule has 1 amide bonds. The normalized spacial score (nSPS) is 16.5. The lowest BCUT2D eigenvalue weighted by atomic mass is 9.87. The number of amides is 1. The van der Waals surface area contributed by atoms with Crippen molar-refractivity contribution in [3.63, 3.8) is 0 Å². The number of hydrogen-bond acceptors (Lipinski definition) is 7. The summed E-state index contributed by atoms with van der Waals surface area (Å²) in [6, 6.07) is 1.57. The van der Waals surface area contributed by atoms with E-state index in [2.05, 4.69) is 9.97 Å². The van der Waals surface area contributed by atoms with Gasteiger partial charge >= 0.3 is 30.6 Å². The number of fused-ring (bicyclic) bond motifs is 1. The van der Waals surface area contributed by atoms with Gasteiger partial charge in [-0.1, -0.05) is 6.92 Å². The van der Waals surface area contributed by atoms with Crippen LogP contribution in [0.5, 0.6) is 5.75 Å². The first kappa shape index (κ1) is 38.0. The summed E-state index contributed by atoms with van der Waals surface area (Å²) < 4.78 is 135. The average molecular weight is 723 g/mol. The second-order valence-electron chi connectivity index (χ2n) is 11.3. The van der Waals surface area contributed by atoms with E-state index in [-0.39, 0.29) is 67.9 Å². The minimum atomic E-state index is -5.18. The molecule has 0 bridgehead atoms. The molecule has 2 heterocycles. The number of carboxylic acids is 1. The van der Waals surface area contributed by atoms with E-state index in [9.17, 15) is 49.1 Å². The SMILES string of the molecule is CCOC(=O)N1c2ccc(C(F)(F)F)cc2C(N(Cc2cc(C(F)(F)F)cc(C(F)(F)F)c2)c2ncc(OCCCC(=O)O)cn2)CC1CC. The number of carbonyl (C=O) groups is 2. The van der Waals surface area contributed by atoms with Crippen molar-refractivity contribution in [2.75, 3.05) is 23.0 Å². The lowest BCUT2D eigenvalue weighted by Gasteiger charge is -2.44. The third-order valence-corrected chi connectivity index (χ3v) is 7.82. The fraction of sp³-hybridized carbons (Fsp3) is 0.438. The van der Waals surface area contributed by atoms with Crippen molar-refractivity contribution < 1.29 is 63.7 Å². The maximum atomic E-state index is 14.0. The zero-order chi connectivity index (χ0) is 37.0. The molecular weight excluding hydrogens is 691 g/mol. The number of carboxylic acid groups (broad SMARTS) is 1. The number of anilines is 2. The Balaban J connectivity index is 1.90. The van der Waals surface area contributed by atoms with Crippen LogP contribution >= 0.6 is 0 Å². The van der Waals surface area contributed by atoms with Crippen molar-refractivity contribution in [3.8, 4) is 5.75 Å². The summed E-state index contributed by atoms with van der Waals surface area (Å²) in [7, 11) is 0. The minimum absolute atomic E-state index is 0.0112. The summed E-state index contributed by atoms with van der Waals surface area (Å²) in [5.41, 5.74) is -4.96. The van der Waals surface area contributed by atoms with Gasteiger partial charge in [-0.15, -0.1) is 0 Å². The fourth-order valence-corrected chi connectivity index (χ4v) is 5.56. The van der Waals surface area contributed by atoms with E-state index < -0.39 is 71.5 Å². The van der Waals surface area contributed by atoms with Crippen LogP contribution in [0.25, 0.3) is 0 Å². The molecule has 4 rings (SSSR count). The molecular formula is C32H31F9N4O5. The van der Waals surface area contributed by atoms with Gasteiger partial charge in [-0.25, -0.2) is 14.8 Å². The van der Waals surface area contributed by atoms with Gasteiger partial charge in [0.1, 0.15) is 0 Å². The van der Waals surface area contributed by atoms with Crippen molar-refractivity contribution in [2.24, 2.45) is 0 Å². The number of alkyl halides is 9. The summed E-state index contributed by atoms with van der Waals surface area (Å²) in [6.45, 7) is 2.36. The van der Waals surface area contributed by atoms with E-state index in [1.54, 1.807) is 6.92 Å². The second-order valence-corrected chi connectivity index (χ2v) is 11.3. The summed E-state index contributed by atoms with van der Waals surface area (Å²) in [5.74, 6) is -1.31. The largest absolute Gasteiger partial charge is 0.490 e. The standard InChI is InChI=1S/C32H31F9N4O5/c1-3-22-14-26(24-13-19(30(33,34)35)7-8-25(24)45(22)29(48)49-4-2)44(28-42-15-23(16-43-28)50-9-5-6-27(46)47)17-18-10-20(31(36,37)38)12-21(11-18)32(39,40)41/h7-8,10-13,15-16,22,26H,3-6,9,14,17H2,1-2H3,(H,46,47). The van der Waals surface area contributed by atoms with E-state index in [4.69, 9.17) is 14.6 Å². The van der Waals surface area contributed by atoms with Gasteiger partial charge in [-0.2, -0.15) is 39.5 Å². The van der Waals surface area contributed by atoms with Gasteiger partial charge in [0.25, 0.3) is 0 Å². The quantitative estimate of drug-likeness (QED) is 0.155. The Morgan fingerprint density at radius 2 is 1.50 bits per heavy atom. The van der Waals surface area contributed by atoms with Crippen LogP contribution in [-0.2, 0) is 34.6 Å². The average Bonchev–Trinajstić information content (AvgIpc) is 3.03. The number of aliphatic carboxylic acids is 1. The van der Waals surface area contributed by atoms with E-state index in [1.807, 2.05) is 0 Å². The number of ether oxygens (including phenoxy) is 2. The van der Waals surface area contributed by atoms with Crippen LogP contribution in [0.15, 0.2) is 48.8 Å². The number of nitrogens with zero attached hydrogens (tertiary/aromatic N) is 4. The number of aromatic nitrogens is 2. The van der Waals surface area contributed by atoms with Gasteiger partial charge < -0.3 is 19.5 Å². The molecule has 2 unspecified atom stereocenters. The van der Waals surface area contributed by atoms with Crippen molar-refractivity contribution >= 4 is 23.7 Å². The lowest BCUT2D eigenvalue weighted by Crippen LogP contribution is -2.48. The number of benzene rings is 2. The molecule has 9 nitrogen and oxygen atoms in total. The number of hydrogen-bond donors (Lipinski definition) is 1. The van der Waals surface area contributed by atoms with E-state index >= 15 is 0 Å². The zero-order valence-corrected chi connectivity index (χ0v) is 26.5. The van der Waals surface area contributed by atoms with Crippen molar-refractivity contribution in [1.29, 1.82) is 0 Å². The van der Waals surface area contributed by atoms with Gasteiger partial charge in [-0.3, -0.25) is 9.69 Å². The van der Waals surface area contributed by atoms with Crippen LogP contribution in [0.2, 0.25) is 0 Å². The monoisotopic (exact) mass is 722 g/mol. The molecule has 18 heteroatoms. The summed E-state index contributed by atoms with van der Waals surface area (Å²) in [4.78, 5) is 34.6. The van der Waals surface area contributed by atoms with Crippen LogP contribution in [0, 0.1) is 0 Å². The smallest absolute Gasteiger partial charge is 0.416 e. The molecule has 0 saturated heterocycles. The van der Waals surface area contributed by atoms with Crippen LogP contribution < -0.4 is 14.5 Å². The Labute approximate surface area is 279 Å². The minimum Gasteiger partial charge on any atom is -0.490 e. The highest BCUT2D eigenvalue weighted by atomic mass is 19.4. The Morgan fingerprint density at radius 3 is 2.02 bits per heavy atom. The molecule has 0 spiro atoms. The highest BCUT2D eigenvalue weighted by molar-refractivity contribution is 5.90. The predicted molar refractivity (Wildman–Crippen MR) is 159 cm³/mol. The van der Waals surface area contributed by atoms with E-state index in [0.29, 0.717) is 12.1 Å². The van der Waals surface area contributed by atoms with Crippen LogP contribution in [-0.4, -0.2) is 46.4 Å². The number of carbonyl (C=O) groups excluding carboxylic acids is 1. The Morgan fingerprint density at radius 1 is 0.900 bits per heavy atom. The molecule has 1 aromatic heterocycles. The van der Waals surface area contributed by atoms with E-state index in [1.165, 1.54) is 16.7 Å². The predicted octanol–water partition coefficient (Wildman–Crippen LogP) is 8.67. The zero-order valence-electron chi connectivity index (χ0n) is 26.5. The molecule has 0 fully saturated rings. The van der Waals surface area contributed by atoms with Crippen LogP contribution in [0.4, 0.5) is 55.9 Å². The van der Waals surface area contributed by atoms with Crippen molar-refractivity contribution in [3.05, 3.63) is 76.6 Å². The second kappa shape index (κ2) is 15.0. The van der Waals surface area contributed by atoms with Gasteiger partial charge in [0, 0.05) is 19.0 Å². The highest BCUT2D eigenvalue weighted by Crippen LogP contribution is 2.46. The highest BCUT2D eigenvalue weighted by Gasteiger charge is 2.42. The maximum absolute atomic E-state index is 14.0. The summed E-state index contributed by atoms with van der Waals surface area (Å²) in [5, 5.41) is 8.82. The topological polar surface area (TPSA) is 105 Å². The molecule has 1 aliphatic heterocycles. The van der Waals surface area contributed by atoms with Gasteiger partial charge in [-0.05, 0) is 73.7 Å². The van der Waals surface area contributed by atoms with Gasteiger partial charge in [0.15, 0.2) is 5.75 Å². The van der Waals surface area contributed by atoms with Gasteiger partial charge in [0.2, 0.25) is 5.95 Å². The molecule has 50 heavy (non-hydrogen) atoms. The van der Waals surface area contributed by atoms with Crippen LogP contribution in [0.3, 0.4) is 0 Å². The fourth-order valence-electron chi connectivity index (χ4n) is 5.56. The molecule has 2 atom stereocenters. The molecule has 2 aromatic carbocycles. The first-order valence-corrected chi connectivity index (χ1v) is 15.2. The summed E-state index contributed by atoms with van der Waals surface area (Å²) in [6.07, 6.45) is -13.8. The van der Waals surface area contributed by atoms with Crippen molar-refractivity contribution in [2.45, 2.75) is 76.7 Å². The van der Waals surface area contributed by atoms with Crippen molar-refractivity contribution in [1.82, 2.24) is 9.97 Å². The Bertz CT molecular complexity index is 1630. The van der Waals surface area contributed by atoms with Gasteiger partial charge in [0.05, 0.1) is 54.0 Å². The molecule has 3 aromatic rings. The number of rotatable bonds is 11. The van der Waals surface area contributed by atoms with Crippen LogP contribution in [0.1, 0.15) is 73.4 Å². The molecule has 0 saturated carbocycles. The molecule has 1 N–H and O–H groups in total. The maximum Gasteiger partial charge on any atom is 0.416 e. The summed E-state index contributed by atoms with van der Waals surface area (Å²) >= 11 is 0. The first-order chi connectivity index (χ1) is 23.3. The third-order valence-electron chi connectivity index (χ3n) is 7.82. The Hall–Kier alpha value is -4.77. The lowest BCUT2D eigenvalue weighted by molar-refractivity contribution is -0.143. The Kier molecular flexibility index (Phi) is 11.4. The molecule has 1 aliphatic rings.